The highest BCUT2D eigenvalue weighted by molar-refractivity contribution is 5.91. The summed E-state index contributed by atoms with van der Waals surface area (Å²) in [6, 6.07) is 0.502. The predicted molar refractivity (Wildman–Crippen MR) is 52.2 cm³/mol. The molecule has 0 spiro atoms. The zero-order chi connectivity index (χ0) is 9.40. The van der Waals surface area contributed by atoms with E-state index in [-0.39, 0.29) is 5.78 Å². The third-order valence-electron chi connectivity index (χ3n) is 1.78. The molecule has 70 valence electrons. The number of carbonyl (C=O) groups is 1. The van der Waals surface area contributed by atoms with Gasteiger partial charge in [0.2, 0.25) is 0 Å². The summed E-state index contributed by atoms with van der Waals surface area (Å²) >= 11 is 0. The molecule has 0 aliphatic carbocycles. The molecule has 0 radical (unpaired) electrons. The van der Waals surface area contributed by atoms with Gasteiger partial charge in [0.25, 0.3) is 0 Å². The average molecular weight is 169 g/mol. The van der Waals surface area contributed by atoms with Crippen LogP contribution in [0.15, 0.2) is 12.2 Å². The minimum atomic E-state index is 0.191. The van der Waals surface area contributed by atoms with E-state index in [1.807, 2.05) is 19.9 Å². The zero-order valence-electron chi connectivity index (χ0n) is 8.26. The summed E-state index contributed by atoms with van der Waals surface area (Å²) in [5.74, 6) is 0.191. The first-order valence-corrected chi connectivity index (χ1v) is 4.75. The second-order valence-electron chi connectivity index (χ2n) is 2.59. The molecule has 0 aromatic heterocycles. The summed E-state index contributed by atoms with van der Waals surface area (Å²) in [6.45, 7) is 6.64. The Hall–Kier alpha value is -0.630. The van der Waals surface area contributed by atoms with Gasteiger partial charge in [-0.2, -0.15) is 0 Å². The lowest BCUT2D eigenvalue weighted by Crippen LogP contribution is -2.30. The molecule has 0 fully saturated rings. The van der Waals surface area contributed by atoms with Crippen LogP contribution in [0.3, 0.4) is 0 Å². The molecule has 0 aromatic rings. The molecule has 1 N–H and O–H groups in total. The van der Waals surface area contributed by atoms with Crippen molar-refractivity contribution in [1.82, 2.24) is 5.32 Å². The van der Waals surface area contributed by atoms with Gasteiger partial charge >= 0.3 is 0 Å². The molecule has 2 nitrogen and oxygen atoms in total. The summed E-state index contributed by atoms with van der Waals surface area (Å²) in [6.07, 6.45) is 5.71. The maximum atomic E-state index is 10.8. The Kier molecular flexibility index (Phi) is 6.67. The fraction of sp³-hybridized carbons (Fsp3) is 0.700. The van der Waals surface area contributed by atoms with Gasteiger partial charge in [-0.3, -0.25) is 4.79 Å². The van der Waals surface area contributed by atoms with E-state index in [1.54, 1.807) is 6.08 Å². The van der Waals surface area contributed by atoms with Crippen LogP contribution < -0.4 is 5.32 Å². The first-order valence-electron chi connectivity index (χ1n) is 4.75. The molecule has 0 saturated heterocycles. The SMILES string of the molecule is CC.CCC1CC=CC(=O)CN1. The molecule has 0 saturated carbocycles. The van der Waals surface area contributed by atoms with Crippen LogP contribution in [0.25, 0.3) is 0 Å². The van der Waals surface area contributed by atoms with E-state index in [1.165, 1.54) is 0 Å². The number of nitrogens with one attached hydrogen (secondary N) is 1. The Morgan fingerprint density at radius 1 is 1.58 bits per heavy atom. The Balaban J connectivity index is 0.000000561. The minimum absolute atomic E-state index is 0.191. The summed E-state index contributed by atoms with van der Waals surface area (Å²) in [5.41, 5.74) is 0. The van der Waals surface area contributed by atoms with E-state index in [4.69, 9.17) is 0 Å². The lowest BCUT2D eigenvalue weighted by Gasteiger charge is -2.10. The molecule has 1 atom stereocenters. The lowest BCUT2D eigenvalue weighted by molar-refractivity contribution is -0.113. The van der Waals surface area contributed by atoms with Crippen molar-refractivity contribution in [2.24, 2.45) is 0 Å². The first-order chi connectivity index (χ1) is 5.83. The Morgan fingerprint density at radius 2 is 2.25 bits per heavy atom. The second-order valence-corrected chi connectivity index (χ2v) is 2.59. The fourth-order valence-corrected chi connectivity index (χ4v) is 1.06. The molecule has 1 aliphatic rings. The molecule has 0 bridgehead atoms. The van der Waals surface area contributed by atoms with Crippen LogP contribution in [0.1, 0.15) is 33.6 Å². The average Bonchev–Trinajstić information content (AvgIpc) is 2.33. The highest BCUT2D eigenvalue weighted by Gasteiger charge is 2.08. The van der Waals surface area contributed by atoms with Crippen molar-refractivity contribution >= 4 is 5.78 Å². The van der Waals surface area contributed by atoms with Crippen molar-refractivity contribution in [3.05, 3.63) is 12.2 Å². The molecular weight excluding hydrogens is 150 g/mol. The minimum Gasteiger partial charge on any atom is -0.307 e. The second kappa shape index (κ2) is 7.04. The standard InChI is InChI=1S/C8H13NO.C2H6/c1-2-7-4-3-5-8(10)6-9-7;1-2/h3,5,7,9H,2,4,6H2,1H3;1-2H3. The van der Waals surface area contributed by atoms with E-state index in [0.717, 1.165) is 12.8 Å². The summed E-state index contributed by atoms with van der Waals surface area (Å²) < 4.78 is 0. The van der Waals surface area contributed by atoms with E-state index >= 15 is 0 Å². The highest BCUT2D eigenvalue weighted by Crippen LogP contribution is 2.01. The van der Waals surface area contributed by atoms with Gasteiger partial charge in [0, 0.05) is 6.04 Å². The van der Waals surface area contributed by atoms with E-state index in [0.29, 0.717) is 12.6 Å². The van der Waals surface area contributed by atoms with Crippen LogP contribution in [-0.2, 0) is 4.79 Å². The number of carbonyl (C=O) groups excluding carboxylic acids is 1. The predicted octanol–water partition coefficient (Wildman–Crippen LogP) is 1.91. The summed E-state index contributed by atoms with van der Waals surface area (Å²) in [4.78, 5) is 10.8. The Bertz CT molecular complexity index is 152. The van der Waals surface area contributed by atoms with Crippen molar-refractivity contribution in [1.29, 1.82) is 0 Å². The largest absolute Gasteiger partial charge is 0.307 e. The van der Waals surface area contributed by atoms with E-state index < -0.39 is 0 Å². The molecular formula is C10H19NO. The zero-order valence-corrected chi connectivity index (χ0v) is 8.26. The molecule has 1 unspecified atom stereocenters. The fourth-order valence-electron chi connectivity index (χ4n) is 1.06. The Labute approximate surface area is 75.0 Å². The van der Waals surface area contributed by atoms with Crippen LogP contribution >= 0.6 is 0 Å². The lowest BCUT2D eigenvalue weighted by atomic mass is 10.1. The summed E-state index contributed by atoms with van der Waals surface area (Å²) in [7, 11) is 0. The monoisotopic (exact) mass is 169 g/mol. The van der Waals surface area contributed by atoms with Crippen LogP contribution in [0.4, 0.5) is 0 Å². The van der Waals surface area contributed by atoms with Crippen molar-refractivity contribution in [2.75, 3.05) is 6.54 Å². The van der Waals surface area contributed by atoms with Crippen molar-refractivity contribution < 1.29 is 4.79 Å². The van der Waals surface area contributed by atoms with Crippen LogP contribution in [0.5, 0.6) is 0 Å². The molecule has 1 rings (SSSR count). The molecule has 1 heterocycles. The maximum absolute atomic E-state index is 10.8. The third kappa shape index (κ3) is 4.29. The molecule has 2 heteroatoms. The topological polar surface area (TPSA) is 29.1 Å². The van der Waals surface area contributed by atoms with Crippen LogP contribution in [0.2, 0.25) is 0 Å². The van der Waals surface area contributed by atoms with Crippen molar-refractivity contribution in [3.8, 4) is 0 Å². The van der Waals surface area contributed by atoms with Gasteiger partial charge in [-0.25, -0.2) is 0 Å². The van der Waals surface area contributed by atoms with Gasteiger partial charge in [0.1, 0.15) is 0 Å². The molecule has 12 heavy (non-hydrogen) atoms. The highest BCUT2D eigenvalue weighted by atomic mass is 16.1. The number of hydrogen-bond donors (Lipinski definition) is 1. The third-order valence-corrected chi connectivity index (χ3v) is 1.78. The van der Waals surface area contributed by atoms with Gasteiger partial charge < -0.3 is 5.32 Å². The van der Waals surface area contributed by atoms with E-state index in [9.17, 15) is 4.79 Å². The Morgan fingerprint density at radius 3 is 2.83 bits per heavy atom. The summed E-state index contributed by atoms with van der Waals surface area (Å²) in [5, 5.41) is 3.17. The smallest absolute Gasteiger partial charge is 0.169 e. The van der Waals surface area contributed by atoms with Gasteiger partial charge in [-0.15, -0.1) is 0 Å². The quantitative estimate of drug-likeness (QED) is 0.649. The molecule has 0 amide bonds. The maximum Gasteiger partial charge on any atom is 0.169 e. The van der Waals surface area contributed by atoms with Crippen molar-refractivity contribution in [2.45, 2.75) is 39.7 Å². The van der Waals surface area contributed by atoms with Crippen LogP contribution in [0, 0.1) is 0 Å². The van der Waals surface area contributed by atoms with Crippen LogP contribution in [-0.4, -0.2) is 18.4 Å². The normalized spacial score (nSPS) is 22.6. The van der Waals surface area contributed by atoms with Gasteiger partial charge in [0.05, 0.1) is 6.54 Å². The number of hydrogen-bond acceptors (Lipinski definition) is 2. The number of rotatable bonds is 1. The molecule has 1 aliphatic heterocycles. The first kappa shape index (κ1) is 11.4. The van der Waals surface area contributed by atoms with E-state index in [2.05, 4.69) is 12.2 Å². The number of ketones is 1. The van der Waals surface area contributed by atoms with Gasteiger partial charge in [-0.05, 0) is 18.9 Å². The molecule has 0 aromatic carbocycles. The van der Waals surface area contributed by atoms with Gasteiger partial charge in [-0.1, -0.05) is 26.8 Å². The van der Waals surface area contributed by atoms with Gasteiger partial charge in [0.15, 0.2) is 5.78 Å². The van der Waals surface area contributed by atoms with Crippen molar-refractivity contribution in [3.63, 3.8) is 0 Å².